The molecule has 4 N–H and O–H groups in total. The number of allylic oxidation sites excluding steroid dienone is 2. The molecule has 0 bridgehead atoms. The van der Waals surface area contributed by atoms with Crippen LogP contribution in [0.1, 0.15) is 25.7 Å². The van der Waals surface area contributed by atoms with E-state index in [2.05, 4.69) is 44.4 Å². The van der Waals surface area contributed by atoms with Gasteiger partial charge < -0.3 is 19.7 Å². The van der Waals surface area contributed by atoms with Crippen LogP contribution in [0.15, 0.2) is 24.3 Å². The number of nitrogens with one attached hydrogen (secondary N) is 2. The molecule has 24 heavy (non-hydrogen) atoms. The molecular weight excluding hydrogens is 316 g/mol. The van der Waals surface area contributed by atoms with E-state index >= 15 is 0 Å². The summed E-state index contributed by atoms with van der Waals surface area (Å²) < 4.78 is 9.24. The van der Waals surface area contributed by atoms with Crippen molar-refractivity contribution in [2.24, 2.45) is 11.8 Å². The normalized spacial score (nSPS) is 38.2. The molecule has 0 aromatic carbocycles. The van der Waals surface area contributed by atoms with Crippen molar-refractivity contribution in [2.45, 2.75) is 50.2 Å². The highest BCUT2D eigenvalue weighted by Crippen LogP contribution is 2.30. The molecule has 2 heterocycles. The summed E-state index contributed by atoms with van der Waals surface area (Å²) in [5.74, 6) is 1.07. The van der Waals surface area contributed by atoms with Crippen molar-refractivity contribution in [3.63, 3.8) is 0 Å². The molecule has 2 saturated heterocycles. The summed E-state index contributed by atoms with van der Waals surface area (Å²) in [5, 5.41) is 22.9. The number of rotatable bonds is 2. The fourth-order valence-electron chi connectivity index (χ4n) is 3.80. The minimum atomic E-state index is -1.20. The molecule has 132 valence electrons. The lowest BCUT2D eigenvalue weighted by molar-refractivity contribution is 0.0422. The minimum Gasteiger partial charge on any atom is -0.450 e. The van der Waals surface area contributed by atoms with Gasteiger partial charge in [0.1, 0.15) is 0 Å². The van der Waals surface area contributed by atoms with Gasteiger partial charge in [0.05, 0.1) is 0 Å². The van der Waals surface area contributed by atoms with E-state index in [1.807, 2.05) is 0 Å². The van der Waals surface area contributed by atoms with Crippen molar-refractivity contribution < 1.29 is 29.3 Å². The topological polar surface area (TPSA) is 117 Å². The van der Waals surface area contributed by atoms with Crippen molar-refractivity contribution in [3.05, 3.63) is 24.3 Å². The van der Waals surface area contributed by atoms with Gasteiger partial charge in [0.15, 0.2) is 12.5 Å². The first-order chi connectivity index (χ1) is 11.5. The van der Waals surface area contributed by atoms with Crippen LogP contribution in [0.5, 0.6) is 0 Å². The molecule has 0 radical (unpaired) electrons. The van der Waals surface area contributed by atoms with Crippen LogP contribution in [0, 0.1) is 11.8 Å². The van der Waals surface area contributed by atoms with Crippen molar-refractivity contribution in [2.75, 3.05) is 0 Å². The van der Waals surface area contributed by atoms with Crippen LogP contribution < -0.4 is 10.6 Å². The third-order valence-corrected chi connectivity index (χ3v) is 4.86. The van der Waals surface area contributed by atoms with Crippen LogP contribution in [-0.4, -0.2) is 47.1 Å². The fourth-order valence-corrected chi connectivity index (χ4v) is 3.80. The molecule has 0 amide bonds. The fraction of sp³-hybridized carbons (Fsp3) is 0.625. The first kappa shape index (κ1) is 16.8. The SMILES string of the molecule is O=C(O)OC1CC2CC=CC2N1.O=C(O)OC1C[C@H]2CC=C[C@H]2N1. The highest BCUT2D eigenvalue weighted by molar-refractivity contribution is 5.57. The maximum Gasteiger partial charge on any atom is 0.507 e. The monoisotopic (exact) mass is 338 g/mol. The highest BCUT2D eigenvalue weighted by atomic mass is 16.7. The first-order valence-corrected chi connectivity index (χ1v) is 8.16. The van der Waals surface area contributed by atoms with Gasteiger partial charge in [0.25, 0.3) is 0 Å². The van der Waals surface area contributed by atoms with Crippen LogP contribution in [-0.2, 0) is 9.47 Å². The molecular formula is C16H22N2O6. The average molecular weight is 338 g/mol. The molecule has 4 unspecified atom stereocenters. The lowest BCUT2D eigenvalue weighted by Gasteiger charge is -2.09. The van der Waals surface area contributed by atoms with Gasteiger partial charge in [0.2, 0.25) is 0 Å². The standard InChI is InChI=1S/2C8H11NO3/c2*10-8(11)12-7-4-5-2-1-3-6(5)9-7/h2*1,3,5-7,9H,2,4H2,(H,10,11)/t5-,6-,7?;/m1./s1. The first-order valence-electron chi connectivity index (χ1n) is 8.16. The van der Waals surface area contributed by atoms with E-state index in [9.17, 15) is 9.59 Å². The molecule has 0 spiro atoms. The zero-order chi connectivity index (χ0) is 17.1. The maximum absolute atomic E-state index is 10.2. The number of carbonyl (C=O) groups is 2. The molecule has 2 aliphatic heterocycles. The Hall–Kier alpha value is -2.06. The summed E-state index contributed by atoms with van der Waals surface area (Å²) in [6.45, 7) is 0. The Kier molecular flexibility index (Phi) is 5.06. The van der Waals surface area contributed by atoms with Crippen LogP contribution in [0.25, 0.3) is 0 Å². The van der Waals surface area contributed by atoms with Gasteiger partial charge in [-0.15, -0.1) is 0 Å². The molecule has 6 atom stereocenters. The Bertz CT molecular complexity index is 501. The van der Waals surface area contributed by atoms with E-state index in [0.29, 0.717) is 23.9 Å². The van der Waals surface area contributed by atoms with Gasteiger partial charge in [-0.25, -0.2) is 9.59 Å². The summed E-state index contributed by atoms with van der Waals surface area (Å²) in [6, 6.07) is 0.656. The Morgan fingerprint density at radius 3 is 1.58 bits per heavy atom. The molecule has 2 aliphatic carbocycles. The molecule has 4 aliphatic rings. The Balaban J connectivity index is 0.000000141. The second-order valence-corrected chi connectivity index (χ2v) is 6.45. The van der Waals surface area contributed by atoms with E-state index in [0.717, 1.165) is 25.7 Å². The average Bonchev–Trinajstić information content (AvgIpc) is 3.17. The zero-order valence-electron chi connectivity index (χ0n) is 13.1. The van der Waals surface area contributed by atoms with Crippen molar-refractivity contribution in [1.82, 2.24) is 10.6 Å². The summed E-state index contributed by atoms with van der Waals surface area (Å²) >= 11 is 0. The summed E-state index contributed by atoms with van der Waals surface area (Å²) in [6.07, 6.45) is 9.07. The van der Waals surface area contributed by atoms with E-state index in [1.54, 1.807) is 0 Å². The van der Waals surface area contributed by atoms with Gasteiger partial charge >= 0.3 is 12.3 Å². The van der Waals surface area contributed by atoms with Crippen LogP contribution >= 0.6 is 0 Å². The van der Waals surface area contributed by atoms with E-state index < -0.39 is 12.3 Å². The molecule has 0 saturated carbocycles. The molecule has 0 aromatic rings. The van der Waals surface area contributed by atoms with Crippen molar-refractivity contribution in [1.29, 1.82) is 0 Å². The summed E-state index contributed by atoms with van der Waals surface area (Å²) in [4.78, 5) is 20.4. The molecule has 2 fully saturated rings. The summed E-state index contributed by atoms with van der Waals surface area (Å²) in [5.41, 5.74) is 0. The van der Waals surface area contributed by atoms with Crippen LogP contribution in [0.3, 0.4) is 0 Å². The third kappa shape index (κ3) is 4.07. The van der Waals surface area contributed by atoms with Gasteiger partial charge in [-0.2, -0.15) is 0 Å². The highest BCUT2D eigenvalue weighted by Gasteiger charge is 2.36. The maximum atomic E-state index is 10.2. The van der Waals surface area contributed by atoms with Gasteiger partial charge in [-0.05, 0) is 24.7 Å². The van der Waals surface area contributed by atoms with E-state index in [4.69, 9.17) is 10.2 Å². The molecule has 4 rings (SSSR count). The van der Waals surface area contributed by atoms with E-state index in [1.165, 1.54) is 0 Å². The lowest BCUT2D eigenvalue weighted by Crippen LogP contribution is -2.31. The van der Waals surface area contributed by atoms with Crippen molar-refractivity contribution in [3.8, 4) is 0 Å². The van der Waals surface area contributed by atoms with Crippen LogP contribution in [0.2, 0.25) is 0 Å². The molecule has 8 nitrogen and oxygen atoms in total. The number of hydrogen-bond donors (Lipinski definition) is 4. The van der Waals surface area contributed by atoms with Gasteiger partial charge in [0, 0.05) is 24.9 Å². The second kappa shape index (κ2) is 7.23. The predicted molar refractivity (Wildman–Crippen MR) is 83.4 cm³/mol. The molecule has 8 heteroatoms. The van der Waals surface area contributed by atoms with Crippen LogP contribution in [0.4, 0.5) is 9.59 Å². The smallest absolute Gasteiger partial charge is 0.450 e. The molecule has 0 aromatic heterocycles. The number of hydrogen-bond acceptors (Lipinski definition) is 6. The Morgan fingerprint density at radius 2 is 1.25 bits per heavy atom. The van der Waals surface area contributed by atoms with Gasteiger partial charge in [-0.3, -0.25) is 10.6 Å². The van der Waals surface area contributed by atoms with Crippen molar-refractivity contribution >= 4 is 12.3 Å². The zero-order valence-corrected chi connectivity index (χ0v) is 13.1. The lowest BCUT2D eigenvalue weighted by atomic mass is 10.0. The third-order valence-electron chi connectivity index (χ3n) is 4.86. The largest absolute Gasteiger partial charge is 0.507 e. The second-order valence-electron chi connectivity index (χ2n) is 6.45. The van der Waals surface area contributed by atoms with Gasteiger partial charge in [-0.1, -0.05) is 24.3 Å². The Morgan fingerprint density at radius 1 is 0.833 bits per heavy atom. The van der Waals surface area contributed by atoms with E-state index in [-0.39, 0.29) is 12.5 Å². The predicted octanol–water partition coefficient (Wildman–Crippen LogP) is 1.89. The number of fused-ring (bicyclic) bond motifs is 2. The number of carboxylic acid groups (broad SMARTS) is 2. The Labute approximate surface area is 139 Å². The minimum absolute atomic E-state index is 0.303. The quantitative estimate of drug-likeness (QED) is 0.445. The number of ether oxygens (including phenoxy) is 2. The summed E-state index contributed by atoms with van der Waals surface area (Å²) in [7, 11) is 0.